The fourth-order valence-corrected chi connectivity index (χ4v) is 2.33. The van der Waals surface area contributed by atoms with Crippen LogP contribution in [0.4, 0.5) is 0 Å². The van der Waals surface area contributed by atoms with E-state index in [0.717, 1.165) is 19.6 Å². The quantitative estimate of drug-likeness (QED) is 0.747. The molecule has 0 aliphatic carbocycles. The molecule has 1 aliphatic heterocycles. The van der Waals surface area contributed by atoms with Crippen molar-refractivity contribution in [3.8, 4) is 6.07 Å². The van der Waals surface area contributed by atoms with Crippen molar-refractivity contribution in [2.75, 3.05) is 26.7 Å². The molecule has 1 saturated heterocycles. The summed E-state index contributed by atoms with van der Waals surface area (Å²) in [6.07, 6.45) is 0. The molecule has 94 valence electrons. The van der Waals surface area contributed by atoms with Crippen molar-refractivity contribution in [3.05, 3.63) is 35.4 Å². The molecule has 1 fully saturated rings. The van der Waals surface area contributed by atoms with Gasteiger partial charge in [-0.15, -0.1) is 0 Å². The highest BCUT2D eigenvalue weighted by Gasteiger charge is 2.26. The van der Waals surface area contributed by atoms with Crippen LogP contribution in [0.15, 0.2) is 24.3 Å². The predicted molar refractivity (Wildman–Crippen MR) is 69.2 cm³/mol. The zero-order chi connectivity index (χ0) is 13.1. The van der Waals surface area contributed by atoms with Gasteiger partial charge in [0.1, 0.15) is 0 Å². The fourth-order valence-electron chi connectivity index (χ4n) is 2.33. The second-order valence-electron chi connectivity index (χ2n) is 4.80. The van der Waals surface area contributed by atoms with Gasteiger partial charge in [-0.05, 0) is 32.2 Å². The number of amides is 1. The molecule has 0 radical (unpaired) electrons. The van der Waals surface area contributed by atoms with Crippen molar-refractivity contribution >= 4 is 5.91 Å². The Morgan fingerprint density at radius 1 is 1.44 bits per heavy atom. The number of carbonyl (C=O) groups is 1. The second-order valence-corrected chi connectivity index (χ2v) is 4.80. The molecule has 1 aromatic carbocycles. The van der Waals surface area contributed by atoms with E-state index in [0.29, 0.717) is 11.1 Å². The van der Waals surface area contributed by atoms with E-state index in [1.807, 2.05) is 4.90 Å². The van der Waals surface area contributed by atoms with Crippen molar-refractivity contribution in [2.24, 2.45) is 0 Å². The van der Waals surface area contributed by atoms with Crippen LogP contribution in [-0.4, -0.2) is 48.4 Å². The summed E-state index contributed by atoms with van der Waals surface area (Å²) in [6, 6.07) is 9.18. The van der Waals surface area contributed by atoms with Crippen LogP contribution >= 0.6 is 0 Å². The van der Waals surface area contributed by atoms with Gasteiger partial charge in [-0.3, -0.25) is 4.79 Å². The highest BCUT2D eigenvalue weighted by Crippen LogP contribution is 2.14. The van der Waals surface area contributed by atoms with E-state index in [1.165, 1.54) is 0 Å². The van der Waals surface area contributed by atoms with Crippen LogP contribution in [0, 0.1) is 11.3 Å². The zero-order valence-corrected chi connectivity index (χ0v) is 10.8. The summed E-state index contributed by atoms with van der Waals surface area (Å²) in [4.78, 5) is 16.5. The number of nitrogens with zero attached hydrogens (tertiary/aromatic N) is 3. The van der Waals surface area contributed by atoms with E-state index >= 15 is 0 Å². The maximum Gasteiger partial charge on any atom is 0.254 e. The molecule has 2 rings (SSSR count). The number of benzene rings is 1. The van der Waals surface area contributed by atoms with E-state index in [4.69, 9.17) is 5.26 Å². The van der Waals surface area contributed by atoms with Gasteiger partial charge in [-0.25, -0.2) is 0 Å². The Hall–Kier alpha value is -1.86. The maximum absolute atomic E-state index is 12.4. The zero-order valence-electron chi connectivity index (χ0n) is 10.8. The lowest BCUT2D eigenvalue weighted by molar-refractivity contribution is 0.0533. The van der Waals surface area contributed by atoms with Crippen LogP contribution in [0.25, 0.3) is 0 Å². The Labute approximate surface area is 107 Å². The highest BCUT2D eigenvalue weighted by molar-refractivity contribution is 5.94. The third-order valence-electron chi connectivity index (χ3n) is 3.33. The number of piperazine rings is 1. The third kappa shape index (κ3) is 2.52. The molecule has 0 aromatic heterocycles. The number of rotatable bonds is 1. The van der Waals surface area contributed by atoms with Gasteiger partial charge in [-0.1, -0.05) is 6.07 Å². The lowest BCUT2D eigenvalue weighted by Crippen LogP contribution is -2.52. The number of hydrogen-bond donors (Lipinski definition) is 0. The van der Waals surface area contributed by atoms with Crippen LogP contribution in [0.1, 0.15) is 22.8 Å². The lowest BCUT2D eigenvalue weighted by Gasteiger charge is -2.38. The molecule has 0 N–H and O–H groups in total. The van der Waals surface area contributed by atoms with E-state index in [1.54, 1.807) is 24.3 Å². The van der Waals surface area contributed by atoms with Crippen molar-refractivity contribution in [3.63, 3.8) is 0 Å². The van der Waals surface area contributed by atoms with Gasteiger partial charge < -0.3 is 9.80 Å². The molecule has 1 aromatic rings. The van der Waals surface area contributed by atoms with E-state index < -0.39 is 0 Å². The van der Waals surface area contributed by atoms with Crippen molar-refractivity contribution in [1.29, 1.82) is 5.26 Å². The second kappa shape index (κ2) is 5.19. The van der Waals surface area contributed by atoms with E-state index in [-0.39, 0.29) is 11.9 Å². The summed E-state index contributed by atoms with van der Waals surface area (Å²) >= 11 is 0. The first-order chi connectivity index (χ1) is 8.61. The lowest BCUT2D eigenvalue weighted by atomic mass is 10.1. The Morgan fingerprint density at radius 2 is 2.22 bits per heavy atom. The van der Waals surface area contributed by atoms with Crippen LogP contribution in [0.5, 0.6) is 0 Å². The summed E-state index contributed by atoms with van der Waals surface area (Å²) in [5.74, 6) is 0.0210. The van der Waals surface area contributed by atoms with Gasteiger partial charge in [0.15, 0.2) is 0 Å². The van der Waals surface area contributed by atoms with Crippen molar-refractivity contribution in [2.45, 2.75) is 13.0 Å². The van der Waals surface area contributed by atoms with Gasteiger partial charge in [0.25, 0.3) is 5.91 Å². The molecule has 1 unspecified atom stereocenters. The molecule has 0 spiro atoms. The molecule has 1 atom stereocenters. The van der Waals surface area contributed by atoms with Gasteiger partial charge in [-0.2, -0.15) is 5.26 Å². The van der Waals surface area contributed by atoms with Crippen LogP contribution in [-0.2, 0) is 0 Å². The standard InChI is InChI=1S/C14H17N3O/c1-11-10-16(2)6-7-17(11)14(18)13-5-3-4-12(8-13)9-15/h3-5,8,11H,6-7,10H2,1-2H3. The average Bonchev–Trinajstić information content (AvgIpc) is 2.38. The topological polar surface area (TPSA) is 47.3 Å². The first-order valence-corrected chi connectivity index (χ1v) is 6.11. The van der Waals surface area contributed by atoms with Gasteiger partial charge >= 0.3 is 0 Å². The summed E-state index contributed by atoms with van der Waals surface area (Å²) in [5.41, 5.74) is 1.13. The molecule has 1 amide bonds. The maximum atomic E-state index is 12.4. The van der Waals surface area contributed by atoms with Gasteiger partial charge in [0.05, 0.1) is 11.6 Å². The Balaban J connectivity index is 2.18. The minimum Gasteiger partial charge on any atom is -0.333 e. The first-order valence-electron chi connectivity index (χ1n) is 6.11. The molecular weight excluding hydrogens is 226 g/mol. The third-order valence-corrected chi connectivity index (χ3v) is 3.33. The van der Waals surface area contributed by atoms with Crippen LogP contribution in [0.3, 0.4) is 0 Å². The molecule has 4 nitrogen and oxygen atoms in total. The number of hydrogen-bond acceptors (Lipinski definition) is 3. The van der Waals surface area contributed by atoms with Crippen LogP contribution < -0.4 is 0 Å². The Bertz CT molecular complexity index is 492. The Morgan fingerprint density at radius 3 is 2.89 bits per heavy atom. The molecular formula is C14H17N3O. The summed E-state index contributed by atoms with van der Waals surface area (Å²) in [5, 5.41) is 8.86. The molecule has 0 bridgehead atoms. The highest BCUT2D eigenvalue weighted by atomic mass is 16.2. The molecule has 4 heteroatoms. The van der Waals surface area contributed by atoms with Crippen molar-refractivity contribution < 1.29 is 4.79 Å². The summed E-state index contributed by atoms with van der Waals surface area (Å²) in [7, 11) is 2.06. The minimum atomic E-state index is 0.0210. The number of carbonyl (C=O) groups excluding carboxylic acids is 1. The molecule has 1 aliphatic rings. The average molecular weight is 243 g/mol. The monoisotopic (exact) mass is 243 g/mol. The van der Waals surface area contributed by atoms with Gasteiger partial charge in [0, 0.05) is 31.2 Å². The van der Waals surface area contributed by atoms with Crippen molar-refractivity contribution in [1.82, 2.24) is 9.80 Å². The first kappa shape index (κ1) is 12.6. The summed E-state index contributed by atoms with van der Waals surface area (Å²) < 4.78 is 0. The molecule has 1 heterocycles. The Kier molecular flexibility index (Phi) is 3.63. The van der Waals surface area contributed by atoms with Crippen LogP contribution in [0.2, 0.25) is 0 Å². The number of nitriles is 1. The largest absolute Gasteiger partial charge is 0.333 e. The van der Waals surface area contributed by atoms with Gasteiger partial charge in [0.2, 0.25) is 0 Å². The smallest absolute Gasteiger partial charge is 0.254 e. The minimum absolute atomic E-state index is 0.0210. The normalized spacial score (nSPS) is 20.5. The fraction of sp³-hybridized carbons (Fsp3) is 0.429. The van der Waals surface area contributed by atoms with E-state index in [9.17, 15) is 4.79 Å². The van der Waals surface area contributed by atoms with E-state index in [2.05, 4.69) is 24.9 Å². The molecule has 0 saturated carbocycles. The summed E-state index contributed by atoms with van der Waals surface area (Å²) in [6.45, 7) is 4.59. The number of likely N-dealkylation sites (N-methyl/N-ethyl adjacent to an activating group) is 1. The molecule has 18 heavy (non-hydrogen) atoms. The predicted octanol–water partition coefficient (Wildman–Crippen LogP) is 1.33. The SMILES string of the molecule is CC1CN(C)CCN1C(=O)c1cccc(C#N)c1.